The first kappa shape index (κ1) is 58.9. The quantitative estimate of drug-likeness (QED) is 0.0133. The third kappa shape index (κ3) is 21.8. The summed E-state index contributed by atoms with van der Waals surface area (Å²) >= 11 is 0. The maximum Gasteiger partial charge on any atom is 0.352 e. The number of hydrogen-bond acceptors (Lipinski definition) is 16. The molecule has 1 aliphatic heterocycles. The zero-order valence-electron chi connectivity index (χ0n) is 38.3. The number of carboxylic acid groups (broad SMARTS) is 1. The first-order chi connectivity index (χ1) is 31.7. The molecule has 0 saturated carbocycles. The van der Waals surface area contributed by atoms with Crippen LogP contribution in [0.25, 0.3) is 0 Å². The van der Waals surface area contributed by atoms with E-state index in [1.165, 1.54) is 24.8 Å². The van der Waals surface area contributed by atoms with Gasteiger partial charge in [-0.2, -0.15) is 0 Å². The molecule has 27 nitrogen and oxygen atoms in total. The summed E-state index contributed by atoms with van der Waals surface area (Å²) in [5.74, 6) is -8.23. The summed E-state index contributed by atoms with van der Waals surface area (Å²) < 4.78 is 0. The van der Waals surface area contributed by atoms with Gasteiger partial charge in [0.1, 0.15) is 41.6 Å². The van der Waals surface area contributed by atoms with Gasteiger partial charge in [-0.3, -0.25) is 43.3 Å². The molecule has 0 aromatic heterocycles. The van der Waals surface area contributed by atoms with Crippen molar-refractivity contribution in [3.05, 3.63) is 11.8 Å². The Morgan fingerprint density at radius 2 is 1.40 bits per heavy atom. The first-order valence-corrected chi connectivity index (χ1v) is 22.2. The molecule has 0 aromatic carbocycles. The van der Waals surface area contributed by atoms with E-state index in [0.29, 0.717) is 45.2 Å². The van der Waals surface area contributed by atoms with Crippen LogP contribution in [0.2, 0.25) is 0 Å². The van der Waals surface area contributed by atoms with Gasteiger partial charge >= 0.3 is 5.97 Å². The average molecular weight is 953 g/mol. The number of carbonyl (C=O) groups is 9. The molecule has 0 spiro atoms. The number of guanidine groups is 1. The van der Waals surface area contributed by atoms with Gasteiger partial charge in [-0.1, -0.05) is 12.5 Å². The van der Waals surface area contributed by atoms with Crippen molar-refractivity contribution in [3.63, 3.8) is 0 Å². The number of aliphatic imine (C=N–C) groups is 2. The Kier molecular flexibility index (Phi) is 27.9. The van der Waals surface area contributed by atoms with Gasteiger partial charge in [-0.05, 0) is 97.7 Å². The van der Waals surface area contributed by atoms with E-state index < -0.39 is 114 Å². The number of nitrogens with zero attached hydrogens (tertiary/aromatic N) is 3. The monoisotopic (exact) mass is 953 g/mol. The van der Waals surface area contributed by atoms with E-state index >= 15 is 0 Å². The normalized spacial score (nSPS) is 16.5. The van der Waals surface area contributed by atoms with Crippen molar-refractivity contribution in [2.75, 3.05) is 45.8 Å². The minimum Gasteiger partial charge on any atom is -0.477 e. The third-order valence-corrected chi connectivity index (χ3v) is 10.2. The van der Waals surface area contributed by atoms with Crippen molar-refractivity contribution >= 4 is 64.9 Å². The van der Waals surface area contributed by atoms with Crippen molar-refractivity contribution in [1.82, 2.24) is 36.8 Å². The molecule has 7 atom stereocenters. The van der Waals surface area contributed by atoms with Crippen LogP contribution in [0.3, 0.4) is 0 Å². The van der Waals surface area contributed by atoms with E-state index in [9.17, 15) is 53.4 Å². The fraction of sp³-hybridized carbons (Fsp3) is 0.675. The van der Waals surface area contributed by atoms with Crippen molar-refractivity contribution in [2.24, 2.45) is 50.1 Å². The molecule has 1 aliphatic rings. The molecule has 8 amide bonds. The molecule has 378 valence electrons. The highest BCUT2D eigenvalue weighted by Gasteiger charge is 2.38. The number of likely N-dealkylation sites (tertiary alicyclic amines) is 1. The predicted molar refractivity (Wildman–Crippen MR) is 246 cm³/mol. The molecule has 22 N–H and O–H groups in total. The van der Waals surface area contributed by atoms with Crippen molar-refractivity contribution < 1.29 is 53.4 Å². The minimum atomic E-state index is -1.56. The Labute approximate surface area is 389 Å². The standard InChI is InChI=1S/C40H72N16O11/c1-22(51-37(64)31(29(57)20-44)55-34(61)24(45)10-3-5-15-41)32(59)49-21-30(58)52-26(12-7-17-43)38(65)56-19-9-14-28(56)36(63)50-23(2)33(60)53-25(11-4-6-16-42)35(62)54-27(39(66)67)13-8-18-48-40(46)47/h13,22-25,28-29,31,57H,3-12,14-21,41-45H2,1-2H3,(H,49,59)(H,50,63)(H,51,64)(H,53,60)(H,54,62)(H,55,61)(H,66,67)(H4,46,47,48)/b27-13-,52-26?/t22-,23-,24-,25-,28-,29-,31-/m0/s1. The van der Waals surface area contributed by atoms with Crippen molar-refractivity contribution in [3.8, 4) is 0 Å². The Balaban J connectivity index is 3.04. The highest BCUT2D eigenvalue weighted by Crippen LogP contribution is 2.19. The average Bonchev–Trinajstić information content (AvgIpc) is 3.79. The van der Waals surface area contributed by atoms with Gasteiger partial charge in [-0.25, -0.2) is 9.79 Å². The van der Waals surface area contributed by atoms with Crippen LogP contribution < -0.4 is 72.0 Å². The second-order valence-corrected chi connectivity index (χ2v) is 15.7. The van der Waals surface area contributed by atoms with E-state index in [0.717, 1.165) is 0 Å². The fourth-order valence-electron chi connectivity index (χ4n) is 6.42. The number of rotatable bonds is 31. The van der Waals surface area contributed by atoms with Crippen LogP contribution in [-0.2, 0) is 43.2 Å². The molecule has 0 aliphatic carbocycles. The van der Waals surface area contributed by atoms with Crippen LogP contribution in [0.4, 0.5) is 0 Å². The summed E-state index contributed by atoms with van der Waals surface area (Å²) in [7, 11) is 0. The molecule has 1 heterocycles. The third-order valence-electron chi connectivity index (χ3n) is 10.2. The van der Waals surface area contributed by atoms with Crippen LogP contribution in [0, 0.1) is 0 Å². The summed E-state index contributed by atoms with van der Waals surface area (Å²) in [6.07, 6.45) is 2.89. The maximum absolute atomic E-state index is 13.8. The van der Waals surface area contributed by atoms with Crippen LogP contribution in [0.15, 0.2) is 21.8 Å². The lowest BCUT2D eigenvalue weighted by atomic mass is 10.1. The molecule has 0 bridgehead atoms. The zero-order valence-corrected chi connectivity index (χ0v) is 38.3. The minimum absolute atomic E-state index is 0.0555. The van der Waals surface area contributed by atoms with Crippen molar-refractivity contribution in [1.29, 1.82) is 0 Å². The first-order valence-electron chi connectivity index (χ1n) is 22.2. The van der Waals surface area contributed by atoms with Gasteiger partial charge < -0.3 is 87.1 Å². The molecule has 1 fully saturated rings. The number of unbranched alkanes of at least 4 members (excludes halogenated alkanes) is 2. The van der Waals surface area contributed by atoms with Gasteiger partial charge in [0.05, 0.1) is 18.7 Å². The number of carboxylic acids is 1. The number of aliphatic hydroxyl groups excluding tert-OH is 1. The number of hydrogen-bond donors (Lipinski definition) is 15. The molecule has 0 unspecified atom stereocenters. The summed E-state index contributed by atoms with van der Waals surface area (Å²) in [6.45, 7) is 2.46. The van der Waals surface area contributed by atoms with Crippen LogP contribution in [0.1, 0.15) is 84.5 Å². The van der Waals surface area contributed by atoms with E-state index in [-0.39, 0.29) is 69.8 Å². The topological polar surface area (TPSA) is 476 Å². The Bertz CT molecular complexity index is 1790. The SMILES string of the molecule is C[C@H](NC(=O)[C@@H](NC(=O)[C@@H](N)CCCCN)[C@@H](O)CN)C(=O)NCC(=O)N=C(CCCN)C(=O)N1CCC[C@H]1C(=O)N[C@@H](C)C(=O)N[C@@H](CCCCN)C(=O)N/C(=C\CCN=C(N)N)C(=O)O. The Hall–Kier alpha value is -6.13. The molecule has 1 rings (SSSR count). The zero-order chi connectivity index (χ0) is 50.6. The molecule has 27 heteroatoms. The summed E-state index contributed by atoms with van der Waals surface area (Å²) in [5.41, 5.74) is 38.0. The van der Waals surface area contributed by atoms with E-state index in [1.807, 2.05) is 0 Å². The summed E-state index contributed by atoms with van der Waals surface area (Å²) in [4.78, 5) is 126. The number of nitrogens with one attached hydrogen (secondary N) is 6. The van der Waals surface area contributed by atoms with E-state index in [2.05, 4.69) is 41.9 Å². The highest BCUT2D eigenvalue weighted by molar-refractivity contribution is 6.40. The second kappa shape index (κ2) is 31.7. The lowest BCUT2D eigenvalue weighted by Crippen LogP contribution is -2.60. The largest absolute Gasteiger partial charge is 0.477 e. The molecular formula is C40H72N16O11. The number of nitrogens with two attached hydrogens (primary N) is 7. The molecule has 67 heavy (non-hydrogen) atoms. The lowest BCUT2D eigenvalue weighted by Gasteiger charge is -2.26. The number of carbonyl (C=O) groups excluding carboxylic acids is 8. The van der Waals surface area contributed by atoms with Gasteiger partial charge in [-0.15, -0.1) is 0 Å². The van der Waals surface area contributed by atoms with Gasteiger partial charge in [0.15, 0.2) is 5.96 Å². The van der Waals surface area contributed by atoms with E-state index in [4.69, 9.17) is 40.1 Å². The van der Waals surface area contributed by atoms with Gasteiger partial charge in [0, 0.05) is 19.6 Å². The molecule has 1 saturated heterocycles. The fourth-order valence-corrected chi connectivity index (χ4v) is 6.42. The molecule has 0 aromatic rings. The maximum atomic E-state index is 13.8. The van der Waals surface area contributed by atoms with Gasteiger partial charge in [0.25, 0.3) is 11.8 Å². The van der Waals surface area contributed by atoms with Gasteiger partial charge in [0.2, 0.25) is 35.4 Å². The highest BCUT2D eigenvalue weighted by atomic mass is 16.4. The smallest absolute Gasteiger partial charge is 0.352 e. The number of aliphatic carboxylic acids is 1. The lowest BCUT2D eigenvalue weighted by molar-refractivity contribution is -0.137. The predicted octanol–water partition coefficient (Wildman–Crippen LogP) is -6.57. The Morgan fingerprint density at radius 1 is 0.776 bits per heavy atom. The van der Waals surface area contributed by atoms with Crippen LogP contribution in [-0.4, -0.2) is 168 Å². The molecular weight excluding hydrogens is 881 g/mol. The summed E-state index contributed by atoms with van der Waals surface area (Å²) in [5, 5.41) is 34.4. The van der Waals surface area contributed by atoms with Crippen LogP contribution >= 0.6 is 0 Å². The molecule has 0 radical (unpaired) electrons. The number of amides is 8. The Morgan fingerprint density at radius 3 is 2.00 bits per heavy atom. The second-order valence-electron chi connectivity index (χ2n) is 15.7. The van der Waals surface area contributed by atoms with Crippen molar-refractivity contribution in [2.45, 2.75) is 127 Å². The number of aliphatic hydroxyl groups is 1. The van der Waals surface area contributed by atoms with Crippen LogP contribution in [0.5, 0.6) is 0 Å². The van der Waals surface area contributed by atoms with E-state index in [1.54, 1.807) is 0 Å². The summed E-state index contributed by atoms with van der Waals surface area (Å²) in [6, 6.07) is -7.41.